The Kier molecular flexibility index (Phi) is 5.44. The maximum atomic E-state index is 11.9. The van der Waals surface area contributed by atoms with Gasteiger partial charge in [0.25, 0.3) is 0 Å². The third-order valence-corrected chi connectivity index (χ3v) is 3.79. The monoisotopic (exact) mass is 256 g/mol. The Balaban J connectivity index is 2.41. The number of aliphatic carboxylic acids is 1. The van der Waals surface area contributed by atoms with Crippen molar-refractivity contribution in [3.05, 3.63) is 0 Å². The molecule has 0 aliphatic heterocycles. The molecule has 1 aliphatic carbocycles. The lowest BCUT2D eigenvalue weighted by Gasteiger charge is -2.38. The highest BCUT2D eigenvalue weighted by Gasteiger charge is 2.44. The maximum Gasteiger partial charge on any atom is 0.317 e. The fraction of sp³-hybridized carbons (Fsp3) is 0.846. The molecule has 1 aliphatic rings. The SMILES string of the molecule is CCCCN(CC)C(=O)NCC1(C(=O)O)CCC1. The summed E-state index contributed by atoms with van der Waals surface area (Å²) in [7, 11) is 0. The molecule has 0 saturated heterocycles. The smallest absolute Gasteiger partial charge is 0.317 e. The first-order chi connectivity index (χ1) is 8.55. The van der Waals surface area contributed by atoms with E-state index in [0.29, 0.717) is 19.4 Å². The zero-order valence-electron chi connectivity index (χ0n) is 11.4. The molecule has 0 aromatic rings. The minimum atomic E-state index is -0.786. The highest BCUT2D eigenvalue weighted by molar-refractivity contribution is 5.78. The lowest BCUT2D eigenvalue weighted by atomic mass is 9.69. The van der Waals surface area contributed by atoms with Gasteiger partial charge in [0, 0.05) is 19.6 Å². The molecule has 0 heterocycles. The molecule has 0 aromatic carbocycles. The largest absolute Gasteiger partial charge is 0.481 e. The second-order valence-electron chi connectivity index (χ2n) is 5.03. The predicted octanol–water partition coefficient (Wildman–Crippen LogP) is 2.07. The lowest BCUT2D eigenvalue weighted by molar-refractivity contribution is -0.153. The summed E-state index contributed by atoms with van der Waals surface area (Å²) >= 11 is 0. The molecule has 18 heavy (non-hydrogen) atoms. The topological polar surface area (TPSA) is 69.6 Å². The predicted molar refractivity (Wildman–Crippen MR) is 69.5 cm³/mol. The van der Waals surface area contributed by atoms with Crippen molar-refractivity contribution in [1.82, 2.24) is 10.2 Å². The molecule has 0 aromatic heterocycles. The fourth-order valence-electron chi connectivity index (χ4n) is 2.18. The molecule has 0 radical (unpaired) electrons. The summed E-state index contributed by atoms with van der Waals surface area (Å²) in [6.07, 6.45) is 4.30. The summed E-state index contributed by atoms with van der Waals surface area (Å²) < 4.78 is 0. The zero-order valence-corrected chi connectivity index (χ0v) is 11.4. The van der Waals surface area contributed by atoms with E-state index in [1.165, 1.54) is 0 Å². The van der Waals surface area contributed by atoms with Crippen molar-refractivity contribution in [2.45, 2.75) is 46.0 Å². The van der Waals surface area contributed by atoms with E-state index in [9.17, 15) is 9.59 Å². The Bertz CT molecular complexity index is 301. The quantitative estimate of drug-likeness (QED) is 0.732. The molecule has 0 atom stereocenters. The maximum absolute atomic E-state index is 11.9. The number of nitrogens with zero attached hydrogens (tertiary/aromatic N) is 1. The number of hydrogen-bond donors (Lipinski definition) is 2. The lowest BCUT2D eigenvalue weighted by Crippen LogP contribution is -2.50. The van der Waals surface area contributed by atoms with Crippen LogP contribution >= 0.6 is 0 Å². The van der Waals surface area contributed by atoms with E-state index in [1.54, 1.807) is 4.90 Å². The molecule has 5 heteroatoms. The van der Waals surface area contributed by atoms with Gasteiger partial charge in [-0.15, -0.1) is 0 Å². The Morgan fingerprint density at radius 2 is 2.00 bits per heavy atom. The van der Waals surface area contributed by atoms with Crippen LogP contribution in [0.5, 0.6) is 0 Å². The summed E-state index contributed by atoms with van der Waals surface area (Å²) in [4.78, 5) is 24.8. The highest BCUT2D eigenvalue weighted by atomic mass is 16.4. The first-order valence-corrected chi connectivity index (χ1v) is 6.82. The Hall–Kier alpha value is -1.26. The summed E-state index contributed by atoms with van der Waals surface area (Å²) in [6.45, 7) is 5.67. The molecule has 2 N–H and O–H groups in total. The molecule has 104 valence electrons. The van der Waals surface area contributed by atoms with Crippen LogP contribution in [0.2, 0.25) is 0 Å². The van der Waals surface area contributed by atoms with Crippen LogP contribution in [0.15, 0.2) is 0 Å². The van der Waals surface area contributed by atoms with Crippen LogP contribution in [-0.4, -0.2) is 41.6 Å². The standard InChI is InChI=1S/C13H24N2O3/c1-3-5-9-15(4-2)12(18)14-10-13(11(16)17)7-6-8-13/h3-10H2,1-2H3,(H,14,18)(H,16,17). The van der Waals surface area contributed by atoms with Gasteiger partial charge >= 0.3 is 12.0 Å². The Morgan fingerprint density at radius 3 is 2.39 bits per heavy atom. The van der Waals surface area contributed by atoms with E-state index in [2.05, 4.69) is 12.2 Å². The number of hydrogen-bond acceptors (Lipinski definition) is 2. The summed E-state index contributed by atoms with van der Waals surface area (Å²) in [6, 6.07) is -0.140. The van der Waals surface area contributed by atoms with E-state index in [4.69, 9.17) is 5.11 Å². The fourth-order valence-corrected chi connectivity index (χ4v) is 2.18. The van der Waals surface area contributed by atoms with Crippen molar-refractivity contribution in [1.29, 1.82) is 0 Å². The number of amides is 2. The second kappa shape index (κ2) is 6.61. The van der Waals surface area contributed by atoms with Gasteiger partial charge in [0.2, 0.25) is 0 Å². The third-order valence-electron chi connectivity index (χ3n) is 3.79. The van der Waals surface area contributed by atoms with Crippen molar-refractivity contribution >= 4 is 12.0 Å². The molecule has 0 unspecified atom stereocenters. The molecule has 0 bridgehead atoms. The van der Waals surface area contributed by atoms with Crippen molar-refractivity contribution < 1.29 is 14.7 Å². The number of carbonyl (C=O) groups is 2. The minimum absolute atomic E-state index is 0.140. The van der Waals surface area contributed by atoms with Gasteiger partial charge in [0.15, 0.2) is 0 Å². The molecule has 5 nitrogen and oxygen atoms in total. The first-order valence-electron chi connectivity index (χ1n) is 6.82. The van der Waals surface area contributed by atoms with Gasteiger partial charge in [-0.05, 0) is 26.2 Å². The number of carboxylic acids is 1. The zero-order chi connectivity index (χ0) is 13.6. The normalized spacial score (nSPS) is 16.8. The van der Waals surface area contributed by atoms with Gasteiger partial charge in [0.05, 0.1) is 5.41 Å². The highest BCUT2D eigenvalue weighted by Crippen LogP contribution is 2.40. The summed E-state index contributed by atoms with van der Waals surface area (Å²) in [5, 5.41) is 11.9. The van der Waals surface area contributed by atoms with Crippen molar-refractivity contribution in [3.63, 3.8) is 0 Å². The van der Waals surface area contributed by atoms with Crippen LogP contribution < -0.4 is 5.32 Å². The average Bonchev–Trinajstić information content (AvgIpc) is 2.28. The molecule has 1 fully saturated rings. The number of nitrogens with one attached hydrogen (secondary N) is 1. The van der Waals surface area contributed by atoms with Crippen LogP contribution in [0.3, 0.4) is 0 Å². The number of carbonyl (C=O) groups excluding carboxylic acids is 1. The van der Waals surface area contributed by atoms with Gasteiger partial charge < -0.3 is 15.3 Å². The van der Waals surface area contributed by atoms with Gasteiger partial charge in [0.1, 0.15) is 0 Å². The molecule has 1 rings (SSSR count). The van der Waals surface area contributed by atoms with Crippen molar-refractivity contribution in [2.24, 2.45) is 5.41 Å². The van der Waals surface area contributed by atoms with Gasteiger partial charge in [-0.2, -0.15) is 0 Å². The number of carboxylic acid groups (broad SMARTS) is 1. The van der Waals surface area contributed by atoms with Gasteiger partial charge in [-0.1, -0.05) is 19.8 Å². The molecular formula is C13H24N2O3. The molecular weight excluding hydrogens is 232 g/mol. The number of unbranched alkanes of at least 4 members (excludes halogenated alkanes) is 1. The van der Waals surface area contributed by atoms with Crippen molar-refractivity contribution in [2.75, 3.05) is 19.6 Å². The van der Waals surface area contributed by atoms with Crippen LogP contribution in [0, 0.1) is 5.41 Å². The minimum Gasteiger partial charge on any atom is -0.481 e. The van der Waals surface area contributed by atoms with Crippen LogP contribution in [-0.2, 0) is 4.79 Å². The van der Waals surface area contributed by atoms with E-state index < -0.39 is 11.4 Å². The van der Waals surface area contributed by atoms with E-state index in [1.807, 2.05) is 6.92 Å². The molecule has 1 saturated carbocycles. The Labute approximate surface area is 109 Å². The summed E-state index contributed by atoms with van der Waals surface area (Å²) in [5.74, 6) is -0.786. The van der Waals surface area contributed by atoms with E-state index in [-0.39, 0.29) is 12.6 Å². The van der Waals surface area contributed by atoms with Crippen LogP contribution in [0.4, 0.5) is 4.79 Å². The number of rotatable bonds is 7. The third kappa shape index (κ3) is 3.37. The summed E-state index contributed by atoms with van der Waals surface area (Å²) in [5.41, 5.74) is -0.709. The van der Waals surface area contributed by atoms with E-state index in [0.717, 1.165) is 25.8 Å². The first kappa shape index (κ1) is 14.8. The van der Waals surface area contributed by atoms with Gasteiger partial charge in [-0.25, -0.2) is 4.79 Å². The number of urea groups is 1. The van der Waals surface area contributed by atoms with Crippen LogP contribution in [0.25, 0.3) is 0 Å². The average molecular weight is 256 g/mol. The van der Waals surface area contributed by atoms with Crippen LogP contribution in [0.1, 0.15) is 46.0 Å². The Morgan fingerprint density at radius 1 is 1.33 bits per heavy atom. The van der Waals surface area contributed by atoms with Crippen molar-refractivity contribution in [3.8, 4) is 0 Å². The van der Waals surface area contributed by atoms with Gasteiger partial charge in [-0.3, -0.25) is 4.79 Å². The van der Waals surface area contributed by atoms with E-state index >= 15 is 0 Å². The molecule has 0 spiro atoms. The molecule has 2 amide bonds. The second-order valence-corrected chi connectivity index (χ2v) is 5.03.